The highest BCUT2D eigenvalue weighted by atomic mass is 35.5. The van der Waals surface area contributed by atoms with Crippen molar-refractivity contribution in [2.24, 2.45) is 0 Å². The van der Waals surface area contributed by atoms with E-state index in [4.69, 9.17) is 0 Å². The molecule has 0 aliphatic rings. The van der Waals surface area contributed by atoms with E-state index in [1.165, 1.54) is 121 Å². The van der Waals surface area contributed by atoms with Crippen molar-refractivity contribution < 1.29 is 12.4 Å². The molecule has 0 fully saturated rings. The van der Waals surface area contributed by atoms with Crippen LogP contribution in [0.2, 0.25) is 0 Å². The van der Waals surface area contributed by atoms with Crippen molar-refractivity contribution in [1.82, 2.24) is 4.48 Å². The van der Waals surface area contributed by atoms with Gasteiger partial charge >= 0.3 is 0 Å². The third-order valence-corrected chi connectivity index (χ3v) is 6.73. The number of nitrogens with zero attached hydrogens (tertiary/aromatic N) is 1. The first kappa shape index (κ1) is 28.5. The molecule has 0 spiro atoms. The molecule has 29 heavy (non-hydrogen) atoms. The average molecular weight is 424 g/mol. The fourth-order valence-electron chi connectivity index (χ4n) is 4.50. The minimum atomic E-state index is 0. The summed E-state index contributed by atoms with van der Waals surface area (Å²) in [5, 5.41) is 0. The second kappa shape index (κ2) is 18.3. The van der Waals surface area contributed by atoms with E-state index >= 15 is 0 Å². The highest BCUT2D eigenvalue weighted by Gasteiger charge is 2.25. The third kappa shape index (κ3) is 12.0. The summed E-state index contributed by atoms with van der Waals surface area (Å²) in [5.41, 5.74) is 2.87. The topological polar surface area (TPSA) is 0 Å². The Balaban J connectivity index is 0.00000784. The minimum Gasteiger partial charge on any atom is -1.00 e. The zero-order valence-corrected chi connectivity index (χ0v) is 20.9. The van der Waals surface area contributed by atoms with Gasteiger partial charge in [0.15, 0.2) is 0 Å². The molecule has 1 nitrogen and oxygen atoms in total. The van der Waals surface area contributed by atoms with Crippen LogP contribution in [0.4, 0.5) is 5.69 Å². The Kier molecular flexibility index (Phi) is 17.9. The van der Waals surface area contributed by atoms with Gasteiger partial charge in [-0.15, -0.1) is 0 Å². The Morgan fingerprint density at radius 1 is 0.552 bits per heavy atom. The Morgan fingerprint density at radius 3 is 1.31 bits per heavy atom. The van der Waals surface area contributed by atoms with Crippen molar-refractivity contribution in [1.29, 1.82) is 0 Å². The molecule has 0 saturated heterocycles. The maximum Gasteiger partial charge on any atom is 0.132 e. The molecule has 0 N–H and O–H groups in total. The number of aryl methyl sites for hydroxylation is 1. The number of unbranched alkanes of at least 4 members (excludes halogenated alkanes) is 13. The summed E-state index contributed by atoms with van der Waals surface area (Å²) in [5.74, 6) is 0. The minimum absolute atomic E-state index is 0. The predicted molar refractivity (Wildman–Crippen MR) is 129 cm³/mol. The second-order valence-corrected chi connectivity index (χ2v) is 8.93. The van der Waals surface area contributed by atoms with Crippen LogP contribution in [0.1, 0.15) is 116 Å². The van der Waals surface area contributed by atoms with E-state index in [0.717, 1.165) is 4.48 Å². The van der Waals surface area contributed by atoms with Crippen molar-refractivity contribution in [2.75, 3.05) is 19.6 Å². The molecule has 0 atom stereocenters. The van der Waals surface area contributed by atoms with Crippen LogP contribution in [0.5, 0.6) is 0 Å². The van der Waals surface area contributed by atoms with Gasteiger partial charge in [0.25, 0.3) is 0 Å². The van der Waals surface area contributed by atoms with Crippen LogP contribution in [0, 0.1) is 6.92 Å². The molecule has 0 saturated carbocycles. The third-order valence-electron chi connectivity index (χ3n) is 6.73. The fourth-order valence-corrected chi connectivity index (χ4v) is 4.50. The summed E-state index contributed by atoms with van der Waals surface area (Å²) in [6, 6.07) is 9.26. The lowest BCUT2D eigenvalue weighted by Gasteiger charge is -2.36. The lowest BCUT2D eigenvalue weighted by molar-refractivity contribution is -0.00000623. The molecule has 0 unspecified atom stereocenters. The lowest BCUT2D eigenvalue weighted by Crippen LogP contribution is -3.00. The van der Waals surface area contributed by atoms with Crippen molar-refractivity contribution in [2.45, 2.75) is 118 Å². The van der Waals surface area contributed by atoms with Crippen LogP contribution in [0.15, 0.2) is 24.3 Å². The normalized spacial score (nSPS) is 11.4. The number of hydrogen-bond acceptors (Lipinski definition) is 0. The van der Waals surface area contributed by atoms with E-state index in [2.05, 4.69) is 52.0 Å². The van der Waals surface area contributed by atoms with Crippen LogP contribution in [0.25, 0.3) is 0 Å². The number of hydrogen-bond donors (Lipinski definition) is 0. The van der Waals surface area contributed by atoms with Crippen LogP contribution < -0.4 is 16.9 Å². The Hall–Kier alpha value is -0.530. The monoisotopic (exact) mass is 423 g/mol. The zero-order valence-electron chi connectivity index (χ0n) is 20.2. The first-order valence-corrected chi connectivity index (χ1v) is 12.6. The lowest BCUT2D eigenvalue weighted by atomic mass is 10.0. The molecule has 1 aromatic carbocycles. The molecule has 1 aromatic rings. The molecule has 0 amide bonds. The molecule has 170 valence electrons. The van der Waals surface area contributed by atoms with Gasteiger partial charge < -0.3 is 12.4 Å². The number of halogens is 1. The molecule has 2 heteroatoms. The molecule has 0 radical (unpaired) electrons. The van der Waals surface area contributed by atoms with Crippen LogP contribution in [-0.2, 0) is 0 Å². The maximum absolute atomic E-state index is 2.35. The van der Waals surface area contributed by atoms with Gasteiger partial charge in [-0.25, -0.2) is 0 Å². The van der Waals surface area contributed by atoms with E-state index < -0.39 is 0 Å². The molecule has 0 aliphatic heterocycles. The molecular formula is C27H50ClN. The van der Waals surface area contributed by atoms with Gasteiger partial charge in [-0.3, -0.25) is 4.48 Å². The Labute approximate surface area is 189 Å². The quantitative estimate of drug-likeness (QED) is 0.206. The number of quaternary nitrogens is 1. The summed E-state index contributed by atoms with van der Waals surface area (Å²) >= 11 is 0. The van der Waals surface area contributed by atoms with Gasteiger partial charge in [0, 0.05) is 0 Å². The summed E-state index contributed by atoms with van der Waals surface area (Å²) in [7, 11) is 0. The number of rotatable bonds is 18. The van der Waals surface area contributed by atoms with E-state index in [1.54, 1.807) is 0 Å². The smallest absolute Gasteiger partial charge is 0.132 e. The van der Waals surface area contributed by atoms with Crippen LogP contribution in [0.3, 0.4) is 0 Å². The van der Waals surface area contributed by atoms with Gasteiger partial charge in [0.1, 0.15) is 5.69 Å². The summed E-state index contributed by atoms with van der Waals surface area (Å²) in [4.78, 5) is 0. The molecule has 0 aromatic heterocycles. The van der Waals surface area contributed by atoms with Gasteiger partial charge in [-0.2, -0.15) is 0 Å². The summed E-state index contributed by atoms with van der Waals surface area (Å²) in [6.07, 6.45) is 20.1. The van der Waals surface area contributed by atoms with E-state index in [0.29, 0.717) is 0 Å². The summed E-state index contributed by atoms with van der Waals surface area (Å²) in [6.45, 7) is 12.9. The van der Waals surface area contributed by atoms with E-state index in [-0.39, 0.29) is 12.4 Å². The highest BCUT2D eigenvalue weighted by Crippen LogP contribution is 2.25. The van der Waals surface area contributed by atoms with E-state index in [1.807, 2.05) is 0 Å². The fraction of sp³-hybridized carbons (Fsp3) is 0.778. The average Bonchev–Trinajstić information content (AvgIpc) is 2.72. The van der Waals surface area contributed by atoms with E-state index in [9.17, 15) is 0 Å². The standard InChI is InChI=1S/C27H50N.ClH/c1-5-8-9-10-11-12-13-14-15-16-17-18-19-20-25-28(6-2,7-3)27-23-21-26(4)22-24-27;/h21-24H,5-20,25H2,1-4H3;1H/q+1;/p-1. The van der Waals surface area contributed by atoms with Crippen molar-refractivity contribution >= 4 is 5.69 Å². The SMILES string of the molecule is CCCCCCCCCCCCCCCC[N+](CC)(CC)c1ccc(C)cc1.[Cl-]. The Morgan fingerprint density at radius 2 is 0.931 bits per heavy atom. The van der Waals surface area contributed by atoms with Gasteiger partial charge in [-0.1, -0.05) is 102 Å². The first-order chi connectivity index (χ1) is 13.7. The van der Waals surface area contributed by atoms with Crippen molar-refractivity contribution in [3.63, 3.8) is 0 Å². The van der Waals surface area contributed by atoms with Gasteiger partial charge in [-0.05, 0) is 45.7 Å². The second-order valence-electron chi connectivity index (χ2n) is 8.93. The molecule has 0 aliphatic carbocycles. The molecular weight excluding hydrogens is 374 g/mol. The Bertz CT molecular complexity index is 464. The zero-order chi connectivity index (χ0) is 20.5. The van der Waals surface area contributed by atoms with Crippen molar-refractivity contribution in [3.8, 4) is 0 Å². The van der Waals surface area contributed by atoms with Crippen LogP contribution >= 0.6 is 0 Å². The number of benzene rings is 1. The van der Waals surface area contributed by atoms with Crippen molar-refractivity contribution in [3.05, 3.63) is 29.8 Å². The predicted octanol–water partition coefficient (Wildman–Crippen LogP) is 5.83. The largest absolute Gasteiger partial charge is 1.00 e. The summed E-state index contributed by atoms with van der Waals surface area (Å²) < 4.78 is 1.15. The maximum atomic E-state index is 2.35. The molecule has 0 heterocycles. The first-order valence-electron chi connectivity index (χ1n) is 12.6. The molecule has 0 bridgehead atoms. The van der Waals surface area contributed by atoms with Crippen LogP contribution in [-0.4, -0.2) is 19.6 Å². The highest BCUT2D eigenvalue weighted by molar-refractivity contribution is 5.44. The van der Waals surface area contributed by atoms with Gasteiger partial charge in [0.2, 0.25) is 0 Å². The molecule has 1 rings (SSSR count). The van der Waals surface area contributed by atoms with Gasteiger partial charge in [0.05, 0.1) is 19.6 Å².